The second kappa shape index (κ2) is 6.51. The summed E-state index contributed by atoms with van der Waals surface area (Å²) in [6.45, 7) is 1.65. The van der Waals surface area contributed by atoms with Crippen molar-refractivity contribution in [1.82, 2.24) is 4.90 Å². The van der Waals surface area contributed by atoms with Gasteiger partial charge in [-0.3, -0.25) is 0 Å². The fourth-order valence-electron chi connectivity index (χ4n) is 1.41. The minimum Gasteiger partial charge on any atom is -0.301 e. The molecule has 0 atom stereocenters. The standard InChI is InChI=1S/C12H15FN2S/c1-15(5-6-16-2)9-10-3-4-12(13)7-11(10)8-14/h3-4,7H,5-6,9H2,1-2H3. The molecule has 2 nitrogen and oxygen atoms in total. The van der Waals surface area contributed by atoms with E-state index in [0.717, 1.165) is 17.9 Å². The molecule has 16 heavy (non-hydrogen) atoms. The Kier molecular flexibility index (Phi) is 5.30. The lowest BCUT2D eigenvalue weighted by Gasteiger charge is -2.16. The molecule has 0 N–H and O–H groups in total. The zero-order valence-electron chi connectivity index (χ0n) is 9.53. The van der Waals surface area contributed by atoms with Crippen LogP contribution in [0.25, 0.3) is 0 Å². The van der Waals surface area contributed by atoms with Gasteiger partial charge in [0.2, 0.25) is 0 Å². The Balaban J connectivity index is 2.70. The molecule has 1 aromatic carbocycles. The van der Waals surface area contributed by atoms with E-state index >= 15 is 0 Å². The minimum absolute atomic E-state index is 0.355. The van der Waals surface area contributed by atoms with E-state index in [2.05, 4.69) is 11.2 Å². The number of nitriles is 1. The van der Waals surface area contributed by atoms with Crippen LogP contribution in [-0.2, 0) is 6.54 Å². The van der Waals surface area contributed by atoms with Crippen molar-refractivity contribution in [1.29, 1.82) is 5.26 Å². The topological polar surface area (TPSA) is 27.0 Å². The summed E-state index contributed by atoms with van der Waals surface area (Å²) in [5.41, 5.74) is 1.31. The molecule has 4 heteroatoms. The molecule has 1 aromatic rings. The summed E-state index contributed by atoms with van der Waals surface area (Å²) in [5, 5.41) is 8.89. The van der Waals surface area contributed by atoms with Gasteiger partial charge in [-0.25, -0.2) is 4.39 Å². The molecule has 0 aliphatic heterocycles. The summed E-state index contributed by atoms with van der Waals surface area (Å²) in [5.74, 6) is 0.701. The van der Waals surface area contributed by atoms with Gasteiger partial charge in [-0.2, -0.15) is 17.0 Å². The molecule has 0 spiro atoms. The van der Waals surface area contributed by atoms with Gasteiger partial charge in [0.1, 0.15) is 5.82 Å². The van der Waals surface area contributed by atoms with Crippen LogP contribution in [0.4, 0.5) is 4.39 Å². The van der Waals surface area contributed by atoms with Crippen molar-refractivity contribution in [3.63, 3.8) is 0 Å². The van der Waals surface area contributed by atoms with Gasteiger partial charge in [-0.1, -0.05) is 6.07 Å². The predicted molar refractivity (Wildman–Crippen MR) is 65.8 cm³/mol. The maximum atomic E-state index is 12.9. The third kappa shape index (κ3) is 3.84. The first-order chi connectivity index (χ1) is 7.67. The van der Waals surface area contributed by atoms with Crippen molar-refractivity contribution < 1.29 is 4.39 Å². The molecule has 0 aliphatic rings. The second-order valence-electron chi connectivity index (χ2n) is 3.64. The number of benzene rings is 1. The van der Waals surface area contributed by atoms with Gasteiger partial charge in [0.15, 0.2) is 0 Å². The molecule has 0 fully saturated rings. The maximum absolute atomic E-state index is 12.9. The van der Waals surface area contributed by atoms with E-state index in [-0.39, 0.29) is 5.82 Å². The lowest BCUT2D eigenvalue weighted by Crippen LogP contribution is -2.21. The van der Waals surface area contributed by atoms with E-state index in [9.17, 15) is 4.39 Å². The lowest BCUT2D eigenvalue weighted by atomic mass is 10.1. The van der Waals surface area contributed by atoms with Gasteiger partial charge in [-0.05, 0) is 31.0 Å². The summed E-state index contributed by atoms with van der Waals surface area (Å²) >= 11 is 1.79. The Labute approximate surface area is 100 Å². The number of thioether (sulfide) groups is 1. The van der Waals surface area contributed by atoms with Crippen LogP contribution < -0.4 is 0 Å². The Morgan fingerprint density at radius 3 is 2.88 bits per heavy atom. The summed E-state index contributed by atoms with van der Waals surface area (Å²) in [6.07, 6.45) is 2.06. The summed E-state index contributed by atoms with van der Waals surface area (Å²) < 4.78 is 12.9. The molecule has 0 heterocycles. The molecule has 0 amide bonds. The minimum atomic E-state index is -0.355. The summed E-state index contributed by atoms with van der Waals surface area (Å²) in [4.78, 5) is 2.13. The molecule has 0 aromatic heterocycles. The fourth-order valence-corrected chi connectivity index (χ4v) is 1.90. The predicted octanol–water partition coefficient (Wildman–Crippen LogP) is 2.49. The zero-order valence-corrected chi connectivity index (χ0v) is 10.4. The Morgan fingerprint density at radius 1 is 1.50 bits per heavy atom. The first kappa shape index (κ1) is 13.0. The molecule has 0 aliphatic carbocycles. The van der Waals surface area contributed by atoms with Crippen molar-refractivity contribution in [3.8, 4) is 6.07 Å². The number of hydrogen-bond acceptors (Lipinski definition) is 3. The molecule has 0 radical (unpaired) electrons. The van der Waals surface area contributed by atoms with Crippen molar-refractivity contribution in [2.24, 2.45) is 0 Å². The van der Waals surface area contributed by atoms with Crippen molar-refractivity contribution >= 4 is 11.8 Å². The highest BCUT2D eigenvalue weighted by atomic mass is 32.2. The van der Waals surface area contributed by atoms with Crippen LogP contribution >= 0.6 is 11.8 Å². The van der Waals surface area contributed by atoms with Crippen LogP contribution in [0.2, 0.25) is 0 Å². The molecule has 0 bridgehead atoms. The average Bonchev–Trinajstić information content (AvgIpc) is 2.28. The maximum Gasteiger partial charge on any atom is 0.124 e. The van der Waals surface area contributed by atoms with Gasteiger partial charge in [0.25, 0.3) is 0 Å². The van der Waals surface area contributed by atoms with E-state index in [1.54, 1.807) is 17.8 Å². The second-order valence-corrected chi connectivity index (χ2v) is 4.63. The average molecular weight is 238 g/mol. The smallest absolute Gasteiger partial charge is 0.124 e. The van der Waals surface area contributed by atoms with Crippen LogP contribution in [0.5, 0.6) is 0 Å². The Hall–Kier alpha value is -1.05. The van der Waals surface area contributed by atoms with E-state index in [4.69, 9.17) is 5.26 Å². The van der Waals surface area contributed by atoms with Gasteiger partial charge in [-0.15, -0.1) is 0 Å². The number of hydrogen-bond donors (Lipinski definition) is 0. The molecular weight excluding hydrogens is 223 g/mol. The molecule has 0 saturated heterocycles. The van der Waals surface area contributed by atoms with Crippen molar-refractivity contribution in [2.45, 2.75) is 6.54 Å². The lowest BCUT2D eigenvalue weighted by molar-refractivity contribution is 0.348. The number of nitrogens with zero attached hydrogens (tertiary/aromatic N) is 2. The first-order valence-corrected chi connectivity index (χ1v) is 6.42. The third-order valence-electron chi connectivity index (χ3n) is 2.31. The van der Waals surface area contributed by atoms with Gasteiger partial charge >= 0.3 is 0 Å². The highest BCUT2D eigenvalue weighted by Crippen LogP contribution is 2.12. The van der Waals surface area contributed by atoms with E-state index in [1.165, 1.54) is 12.1 Å². The van der Waals surface area contributed by atoms with Crippen molar-refractivity contribution in [2.75, 3.05) is 25.6 Å². The quantitative estimate of drug-likeness (QED) is 0.788. The Morgan fingerprint density at radius 2 is 2.25 bits per heavy atom. The molecule has 0 unspecified atom stereocenters. The van der Waals surface area contributed by atoms with Gasteiger partial charge < -0.3 is 4.90 Å². The summed E-state index contributed by atoms with van der Waals surface area (Å²) in [7, 11) is 2.00. The zero-order chi connectivity index (χ0) is 12.0. The SMILES string of the molecule is CSCCN(C)Cc1ccc(F)cc1C#N. The molecule has 86 valence electrons. The van der Waals surface area contributed by atoms with Crippen LogP contribution in [-0.4, -0.2) is 30.5 Å². The molecule has 0 saturated carbocycles. The Bertz CT molecular complexity index is 387. The van der Waals surface area contributed by atoms with E-state index in [1.807, 2.05) is 13.1 Å². The number of halogens is 1. The van der Waals surface area contributed by atoms with E-state index < -0.39 is 0 Å². The monoisotopic (exact) mass is 238 g/mol. The van der Waals surface area contributed by atoms with Gasteiger partial charge in [0, 0.05) is 18.8 Å². The largest absolute Gasteiger partial charge is 0.301 e. The first-order valence-electron chi connectivity index (χ1n) is 5.03. The van der Waals surface area contributed by atoms with Crippen LogP contribution in [0.1, 0.15) is 11.1 Å². The van der Waals surface area contributed by atoms with Crippen molar-refractivity contribution in [3.05, 3.63) is 35.1 Å². The molecule has 1 rings (SSSR count). The number of rotatable bonds is 5. The van der Waals surface area contributed by atoms with Gasteiger partial charge in [0.05, 0.1) is 11.6 Å². The van der Waals surface area contributed by atoms with Crippen LogP contribution in [0.15, 0.2) is 18.2 Å². The highest BCUT2D eigenvalue weighted by molar-refractivity contribution is 7.98. The third-order valence-corrected chi connectivity index (χ3v) is 2.90. The van der Waals surface area contributed by atoms with Crippen LogP contribution in [0.3, 0.4) is 0 Å². The van der Waals surface area contributed by atoms with E-state index in [0.29, 0.717) is 12.1 Å². The summed E-state index contributed by atoms with van der Waals surface area (Å²) in [6, 6.07) is 6.40. The fraction of sp³-hybridized carbons (Fsp3) is 0.417. The van der Waals surface area contributed by atoms with Crippen LogP contribution in [0, 0.1) is 17.1 Å². The normalized spacial score (nSPS) is 10.4. The highest BCUT2D eigenvalue weighted by Gasteiger charge is 2.06. The molecular formula is C12H15FN2S.